The molecule has 0 atom stereocenters. The van der Waals surface area contributed by atoms with Gasteiger partial charge < -0.3 is 20.1 Å². The molecule has 1 aromatic rings. The third-order valence-electron chi connectivity index (χ3n) is 2.74. The molecule has 1 aliphatic rings. The standard InChI is InChI=1S/C12H10O6/c1-18-9-3-8(15)10-5(11(9)16)2-7(14)6(4-13)12(10)17/h2-3,13-14,17H,4H2,1H3. The molecule has 0 saturated carbocycles. The van der Waals surface area contributed by atoms with E-state index in [4.69, 9.17) is 9.84 Å². The van der Waals surface area contributed by atoms with Crippen molar-refractivity contribution in [3.63, 3.8) is 0 Å². The van der Waals surface area contributed by atoms with Crippen molar-refractivity contribution in [1.82, 2.24) is 0 Å². The Labute approximate surface area is 102 Å². The Bertz CT molecular complexity index is 585. The average molecular weight is 250 g/mol. The molecule has 0 aliphatic heterocycles. The minimum atomic E-state index is -0.646. The minimum absolute atomic E-state index is 0.147. The summed E-state index contributed by atoms with van der Waals surface area (Å²) < 4.78 is 4.75. The molecular weight excluding hydrogens is 240 g/mol. The molecular formula is C12H10O6. The third kappa shape index (κ3) is 1.54. The first-order valence-corrected chi connectivity index (χ1v) is 5.04. The first kappa shape index (κ1) is 12.1. The van der Waals surface area contributed by atoms with Gasteiger partial charge in [-0.15, -0.1) is 0 Å². The molecule has 6 heteroatoms. The number of benzene rings is 1. The van der Waals surface area contributed by atoms with Gasteiger partial charge >= 0.3 is 0 Å². The van der Waals surface area contributed by atoms with Gasteiger partial charge in [0.25, 0.3) is 0 Å². The summed E-state index contributed by atoms with van der Waals surface area (Å²) in [6.45, 7) is -0.646. The fraction of sp³-hybridized carbons (Fsp3) is 0.167. The SMILES string of the molecule is COC1=CC(=O)c2c(cc(O)c(CO)c2O)C1=O. The number of carbonyl (C=O) groups is 2. The second-order valence-corrected chi connectivity index (χ2v) is 3.71. The molecule has 0 fully saturated rings. The normalized spacial score (nSPS) is 14.2. The van der Waals surface area contributed by atoms with Gasteiger partial charge in [-0.25, -0.2) is 0 Å². The quantitative estimate of drug-likeness (QED) is 0.706. The van der Waals surface area contributed by atoms with Gasteiger partial charge in [0.15, 0.2) is 11.5 Å². The number of fused-ring (bicyclic) bond motifs is 1. The lowest BCUT2D eigenvalue weighted by Crippen LogP contribution is -2.18. The molecule has 0 saturated heterocycles. The number of methoxy groups -OCH3 is 1. The smallest absolute Gasteiger partial charge is 0.228 e. The van der Waals surface area contributed by atoms with Gasteiger partial charge in [0.2, 0.25) is 5.78 Å². The summed E-state index contributed by atoms with van der Waals surface area (Å²) >= 11 is 0. The van der Waals surface area contributed by atoms with Crippen LogP contribution in [0.5, 0.6) is 11.5 Å². The van der Waals surface area contributed by atoms with Crippen LogP contribution in [0.4, 0.5) is 0 Å². The van der Waals surface area contributed by atoms with E-state index in [9.17, 15) is 19.8 Å². The predicted octanol–water partition coefficient (Wildman–Crippen LogP) is 0.499. The van der Waals surface area contributed by atoms with Gasteiger partial charge in [-0.05, 0) is 6.07 Å². The Hall–Kier alpha value is -2.34. The van der Waals surface area contributed by atoms with Gasteiger partial charge in [0, 0.05) is 11.6 Å². The molecule has 1 aromatic carbocycles. The lowest BCUT2D eigenvalue weighted by atomic mass is 9.90. The Morgan fingerprint density at radius 1 is 1.28 bits per heavy atom. The number of ketones is 2. The molecule has 0 heterocycles. The lowest BCUT2D eigenvalue weighted by Gasteiger charge is -2.17. The van der Waals surface area contributed by atoms with Crippen molar-refractivity contribution < 1.29 is 29.6 Å². The number of ether oxygens (including phenoxy) is 1. The first-order valence-electron chi connectivity index (χ1n) is 5.04. The van der Waals surface area contributed by atoms with E-state index in [1.807, 2.05) is 0 Å². The van der Waals surface area contributed by atoms with Gasteiger partial charge in [0.05, 0.1) is 24.8 Å². The second kappa shape index (κ2) is 4.15. The zero-order chi connectivity index (χ0) is 13.4. The van der Waals surface area contributed by atoms with E-state index in [0.29, 0.717) is 0 Å². The third-order valence-corrected chi connectivity index (χ3v) is 2.74. The van der Waals surface area contributed by atoms with E-state index >= 15 is 0 Å². The summed E-state index contributed by atoms with van der Waals surface area (Å²) in [6, 6.07) is 1.03. The van der Waals surface area contributed by atoms with Crippen LogP contribution in [-0.4, -0.2) is 34.0 Å². The number of Topliss-reactive ketones (excluding diaryl/α,β-unsaturated/α-hetero) is 1. The number of carbonyl (C=O) groups excluding carboxylic acids is 2. The van der Waals surface area contributed by atoms with Crippen LogP contribution in [0, 0.1) is 0 Å². The molecule has 94 valence electrons. The fourth-order valence-electron chi connectivity index (χ4n) is 1.82. The summed E-state index contributed by atoms with van der Waals surface area (Å²) in [4.78, 5) is 23.6. The molecule has 2 rings (SSSR count). The predicted molar refractivity (Wildman–Crippen MR) is 59.4 cm³/mol. The van der Waals surface area contributed by atoms with Crippen molar-refractivity contribution in [2.24, 2.45) is 0 Å². The molecule has 0 unspecified atom stereocenters. The molecule has 18 heavy (non-hydrogen) atoms. The Kier molecular flexibility index (Phi) is 2.80. The first-order chi connectivity index (χ1) is 8.51. The highest BCUT2D eigenvalue weighted by Crippen LogP contribution is 2.37. The molecule has 0 amide bonds. The van der Waals surface area contributed by atoms with Crippen LogP contribution in [0.2, 0.25) is 0 Å². The fourth-order valence-corrected chi connectivity index (χ4v) is 1.82. The van der Waals surface area contributed by atoms with Crippen molar-refractivity contribution in [2.45, 2.75) is 6.61 Å². The summed E-state index contributed by atoms with van der Waals surface area (Å²) in [5.41, 5.74) is -0.571. The topological polar surface area (TPSA) is 104 Å². The van der Waals surface area contributed by atoms with E-state index in [-0.39, 0.29) is 22.4 Å². The monoisotopic (exact) mass is 250 g/mol. The summed E-state index contributed by atoms with van der Waals surface area (Å²) in [7, 11) is 1.24. The van der Waals surface area contributed by atoms with Crippen molar-refractivity contribution in [2.75, 3.05) is 7.11 Å². The Balaban J connectivity index is 2.74. The maximum Gasteiger partial charge on any atom is 0.228 e. The van der Waals surface area contributed by atoms with Crippen LogP contribution in [-0.2, 0) is 11.3 Å². The van der Waals surface area contributed by atoms with E-state index in [0.717, 1.165) is 12.1 Å². The number of hydrogen-bond acceptors (Lipinski definition) is 6. The number of rotatable bonds is 2. The van der Waals surface area contributed by atoms with Crippen LogP contribution in [0.15, 0.2) is 17.9 Å². The zero-order valence-electron chi connectivity index (χ0n) is 9.43. The highest BCUT2D eigenvalue weighted by molar-refractivity contribution is 6.25. The largest absolute Gasteiger partial charge is 0.507 e. The van der Waals surface area contributed by atoms with Crippen molar-refractivity contribution in [3.05, 3.63) is 34.6 Å². The van der Waals surface area contributed by atoms with Crippen molar-refractivity contribution in [3.8, 4) is 11.5 Å². The van der Waals surface area contributed by atoms with Gasteiger partial charge in [0.1, 0.15) is 11.5 Å². The molecule has 0 spiro atoms. The minimum Gasteiger partial charge on any atom is -0.507 e. The van der Waals surface area contributed by atoms with Crippen LogP contribution in [0.25, 0.3) is 0 Å². The number of hydrogen-bond donors (Lipinski definition) is 3. The van der Waals surface area contributed by atoms with Crippen LogP contribution in [0.3, 0.4) is 0 Å². The molecule has 1 aliphatic carbocycles. The number of allylic oxidation sites excluding steroid dienone is 2. The lowest BCUT2D eigenvalue weighted by molar-refractivity contribution is 0.0914. The Morgan fingerprint density at radius 2 is 1.94 bits per heavy atom. The average Bonchev–Trinajstić information content (AvgIpc) is 2.33. The zero-order valence-corrected chi connectivity index (χ0v) is 9.43. The van der Waals surface area contributed by atoms with Crippen molar-refractivity contribution >= 4 is 11.6 Å². The molecule has 0 bridgehead atoms. The van der Waals surface area contributed by atoms with E-state index in [2.05, 4.69) is 0 Å². The Morgan fingerprint density at radius 3 is 2.50 bits per heavy atom. The molecule has 0 aromatic heterocycles. The highest BCUT2D eigenvalue weighted by Gasteiger charge is 2.31. The van der Waals surface area contributed by atoms with Crippen molar-refractivity contribution in [1.29, 1.82) is 0 Å². The highest BCUT2D eigenvalue weighted by atomic mass is 16.5. The second-order valence-electron chi connectivity index (χ2n) is 3.71. The number of aromatic hydroxyl groups is 2. The summed E-state index contributed by atoms with van der Waals surface area (Å²) in [5.74, 6) is -2.43. The van der Waals surface area contributed by atoms with Gasteiger partial charge in [-0.2, -0.15) is 0 Å². The molecule has 6 nitrogen and oxygen atoms in total. The van der Waals surface area contributed by atoms with Crippen LogP contribution < -0.4 is 0 Å². The van der Waals surface area contributed by atoms with Gasteiger partial charge in [-0.1, -0.05) is 0 Å². The van der Waals surface area contributed by atoms with Gasteiger partial charge in [-0.3, -0.25) is 9.59 Å². The van der Waals surface area contributed by atoms with E-state index in [1.165, 1.54) is 7.11 Å². The summed E-state index contributed by atoms with van der Waals surface area (Å²) in [5, 5.41) is 28.4. The van der Waals surface area contributed by atoms with E-state index < -0.39 is 29.7 Å². The molecule has 3 N–H and O–H groups in total. The summed E-state index contributed by atoms with van der Waals surface area (Å²) in [6.07, 6.45) is 0.961. The number of aliphatic hydroxyl groups is 1. The maximum atomic E-state index is 11.9. The maximum absolute atomic E-state index is 11.9. The van der Waals surface area contributed by atoms with E-state index in [1.54, 1.807) is 0 Å². The number of phenols is 2. The number of aliphatic hydroxyl groups excluding tert-OH is 1. The van der Waals surface area contributed by atoms with Crippen LogP contribution >= 0.6 is 0 Å². The molecule has 0 radical (unpaired) electrons. The van der Waals surface area contributed by atoms with Crippen LogP contribution in [0.1, 0.15) is 26.3 Å².